The van der Waals surface area contributed by atoms with Crippen LogP contribution in [0.25, 0.3) is 0 Å². The van der Waals surface area contributed by atoms with Gasteiger partial charge in [-0.3, -0.25) is 4.79 Å². The first-order valence-corrected chi connectivity index (χ1v) is 2.65. The fraction of sp³-hybridized carbons (Fsp3) is 0.600. The molecule has 0 rings (SSSR count). The Morgan fingerprint density at radius 2 is 2.00 bits per heavy atom. The van der Waals surface area contributed by atoms with E-state index in [-0.39, 0.29) is 13.0 Å². The van der Waals surface area contributed by atoms with Crippen molar-refractivity contribution in [3.63, 3.8) is 0 Å². The molecule has 0 fully saturated rings. The first kappa shape index (κ1) is 8.90. The van der Waals surface area contributed by atoms with Crippen molar-refractivity contribution < 1.29 is 24.5 Å². The number of carbonyl (C=O) groups is 2. The molecular formula is C5H8O5. The SMILES string of the molecule is O=C(O)COC(=O)CCO. The van der Waals surface area contributed by atoms with Gasteiger partial charge < -0.3 is 14.9 Å². The minimum atomic E-state index is -1.20. The summed E-state index contributed by atoms with van der Waals surface area (Å²) in [6.45, 7) is -0.961. The van der Waals surface area contributed by atoms with E-state index in [2.05, 4.69) is 4.74 Å². The number of carboxylic acid groups (broad SMARTS) is 1. The highest BCUT2D eigenvalue weighted by Gasteiger charge is 2.03. The molecule has 0 aromatic heterocycles. The number of aliphatic hydroxyl groups excluding tert-OH is 1. The number of rotatable bonds is 4. The predicted octanol–water partition coefficient (Wildman–Crippen LogP) is -1.00. The number of carbonyl (C=O) groups excluding carboxylic acids is 1. The summed E-state index contributed by atoms with van der Waals surface area (Å²) < 4.78 is 4.15. The number of aliphatic hydroxyl groups is 1. The van der Waals surface area contributed by atoms with Gasteiger partial charge in [0.1, 0.15) is 0 Å². The van der Waals surface area contributed by atoms with E-state index >= 15 is 0 Å². The zero-order valence-electron chi connectivity index (χ0n) is 5.24. The molecule has 0 spiro atoms. The van der Waals surface area contributed by atoms with Gasteiger partial charge in [0, 0.05) is 0 Å². The Labute approximate surface area is 57.2 Å². The second-order valence-electron chi connectivity index (χ2n) is 1.53. The van der Waals surface area contributed by atoms with Crippen molar-refractivity contribution in [2.45, 2.75) is 6.42 Å². The summed E-state index contributed by atoms with van der Waals surface area (Å²) in [6, 6.07) is 0. The normalized spacial score (nSPS) is 8.90. The topological polar surface area (TPSA) is 83.8 Å². The zero-order valence-corrected chi connectivity index (χ0v) is 5.24. The smallest absolute Gasteiger partial charge is 0.341 e. The number of ether oxygens (including phenoxy) is 1. The molecule has 0 bridgehead atoms. The summed E-state index contributed by atoms with van der Waals surface area (Å²) in [5.41, 5.74) is 0. The lowest BCUT2D eigenvalue weighted by Crippen LogP contribution is -2.13. The summed E-state index contributed by atoms with van der Waals surface area (Å²) in [5.74, 6) is -1.91. The Hall–Kier alpha value is -1.10. The van der Waals surface area contributed by atoms with Gasteiger partial charge in [0.2, 0.25) is 0 Å². The van der Waals surface area contributed by atoms with Crippen LogP contribution in [-0.4, -0.2) is 35.4 Å². The number of aliphatic carboxylic acids is 1. The maximum absolute atomic E-state index is 10.3. The monoisotopic (exact) mass is 148 g/mol. The number of hydrogen-bond acceptors (Lipinski definition) is 4. The Bertz CT molecular complexity index is 130. The van der Waals surface area contributed by atoms with Crippen molar-refractivity contribution in [1.29, 1.82) is 0 Å². The van der Waals surface area contributed by atoms with Crippen LogP contribution in [0.5, 0.6) is 0 Å². The van der Waals surface area contributed by atoms with E-state index in [1.165, 1.54) is 0 Å². The van der Waals surface area contributed by atoms with Crippen LogP contribution in [0.1, 0.15) is 6.42 Å². The van der Waals surface area contributed by atoms with Crippen molar-refractivity contribution in [2.75, 3.05) is 13.2 Å². The molecule has 2 N–H and O–H groups in total. The van der Waals surface area contributed by atoms with Crippen molar-refractivity contribution in [3.05, 3.63) is 0 Å². The fourth-order valence-corrected chi connectivity index (χ4v) is 0.306. The van der Waals surface area contributed by atoms with Gasteiger partial charge in [-0.1, -0.05) is 0 Å². The molecule has 10 heavy (non-hydrogen) atoms. The van der Waals surface area contributed by atoms with Crippen LogP contribution in [0.15, 0.2) is 0 Å². The van der Waals surface area contributed by atoms with Crippen LogP contribution in [0, 0.1) is 0 Å². The van der Waals surface area contributed by atoms with Gasteiger partial charge in [0.05, 0.1) is 13.0 Å². The maximum atomic E-state index is 10.3. The van der Waals surface area contributed by atoms with E-state index in [0.717, 1.165) is 0 Å². The Morgan fingerprint density at radius 1 is 1.40 bits per heavy atom. The third-order valence-corrected chi connectivity index (χ3v) is 0.673. The molecule has 0 saturated heterocycles. The molecule has 0 aliphatic heterocycles. The lowest BCUT2D eigenvalue weighted by atomic mass is 10.5. The van der Waals surface area contributed by atoms with E-state index in [1.807, 2.05) is 0 Å². The van der Waals surface area contributed by atoms with E-state index in [4.69, 9.17) is 10.2 Å². The van der Waals surface area contributed by atoms with Crippen molar-refractivity contribution in [1.82, 2.24) is 0 Å². The maximum Gasteiger partial charge on any atom is 0.341 e. The Morgan fingerprint density at radius 3 is 2.40 bits per heavy atom. The van der Waals surface area contributed by atoms with Gasteiger partial charge in [-0.15, -0.1) is 0 Å². The molecular weight excluding hydrogens is 140 g/mol. The third-order valence-electron chi connectivity index (χ3n) is 0.673. The molecule has 0 heterocycles. The Balaban J connectivity index is 3.30. The van der Waals surface area contributed by atoms with Gasteiger partial charge in [-0.05, 0) is 0 Å². The molecule has 0 aromatic rings. The average Bonchev–Trinajstić information content (AvgIpc) is 1.85. The standard InChI is InChI=1S/C5H8O5/c6-2-1-5(9)10-3-4(7)8/h6H,1-3H2,(H,7,8). The Kier molecular flexibility index (Phi) is 4.23. The molecule has 5 heteroatoms. The van der Waals surface area contributed by atoms with Crippen LogP contribution in [0.2, 0.25) is 0 Å². The quantitative estimate of drug-likeness (QED) is 0.499. The third kappa shape index (κ3) is 5.04. The van der Waals surface area contributed by atoms with Crippen molar-refractivity contribution >= 4 is 11.9 Å². The molecule has 0 aliphatic carbocycles. The van der Waals surface area contributed by atoms with Crippen molar-refractivity contribution in [2.24, 2.45) is 0 Å². The fourth-order valence-electron chi connectivity index (χ4n) is 0.306. The molecule has 0 aromatic carbocycles. The summed E-state index contributed by atoms with van der Waals surface area (Å²) >= 11 is 0. The van der Waals surface area contributed by atoms with E-state index in [0.29, 0.717) is 0 Å². The van der Waals surface area contributed by atoms with Gasteiger partial charge in [0.15, 0.2) is 6.61 Å². The first-order chi connectivity index (χ1) is 4.66. The first-order valence-electron chi connectivity index (χ1n) is 2.65. The second-order valence-corrected chi connectivity index (χ2v) is 1.53. The zero-order chi connectivity index (χ0) is 7.98. The van der Waals surface area contributed by atoms with Gasteiger partial charge in [-0.25, -0.2) is 4.79 Å². The summed E-state index contributed by atoms with van der Waals surface area (Å²) in [5, 5.41) is 16.1. The van der Waals surface area contributed by atoms with E-state index < -0.39 is 18.5 Å². The lowest BCUT2D eigenvalue weighted by molar-refractivity contribution is -0.155. The van der Waals surface area contributed by atoms with Crippen LogP contribution in [-0.2, 0) is 14.3 Å². The number of carboxylic acids is 1. The second kappa shape index (κ2) is 4.75. The molecule has 0 atom stereocenters. The van der Waals surface area contributed by atoms with Crippen LogP contribution >= 0.6 is 0 Å². The van der Waals surface area contributed by atoms with E-state index in [9.17, 15) is 9.59 Å². The largest absolute Gasteiger partial charge is 0.479 e. The highest BCUT2D eigenvalue weighted by atomic mass is 16.5. The highest BCUT2D eigenvalue weighted by molar-refractivity contribution is 5.75. The lowest BCUT2D eigenvalue weighted by Gasteiger charge is -1.97. The van der Waals surface area contributed by atoms with Crippen LogP contribution < -0.4 is 0 Å². The predicted molar refractivity (Wildman–Crippen MR) is 30.3 cm³/mol. The van der Waals surface area contributed by atoms with Crippen molar-refractivity contribution in [3.8, 4) is 0 Å². The molecule has 0 saturated carbocycles. The van der Waals surface area contributed by atoms with E-state index in [1.54, 1.807) is 0 Å². The summed E-state index contributed by atoms with van der Waals surface area (Å²) in [4.78, 5) is 20.1. The van der Waals surface area contributed by atoms with Gasteiger partial charge in [-0.2, -0.15) is 0 Å². The molecule has 0 aliphatic rings. The summed E-state index contributed by atoms with van der Waals surface area (Å²) in [7, 11) is 0. The summed E-state index contributed by atoms with van der Waals surface area (Å²) in [6.07, 6.45) is -0.159. The molecule has 0 unspecified atom stereocenters. The number of hydrogen-bond donors (Lipinski definition) is 2. The molecule has 58 valence electrons. The van der Waals surface area contributed by atoms with Gasteiger partial charge >= 0.3 is 11.9 Å². The average molecular weight is 148 g/mol. The molecule has 5 nitrogen and oxygen atoms in total. The van der Waals surface area contributed by atoms with Crippen LogP contribution in [0.4, 0.5) is 0 Å². The highest BCUT2D eigenvalue weighted by Crippen LogP contribution is 1.83. The van der Waals surface area contributed by atoms with Gasteiger partial charge in [0.25, 0.3) is 0 Å². The minimum Gasteiger partial charge on any atom is -0.479 e. The van der Waals surface area contributed by atoms with Crippen LogP contribution in [0.3, 0.4) is 0 Å². The molecule has 0 radical (unpaired) electrons. The number of esters is 1. The molecule has 0 amide bonds. The minimum absolute atomic E-state index is 0.159.